The molecule has 0 aromatic rings. The fourth-order valence-electron chi connectivity index (χ4n) is 0. The van der Waals surface area contributed by atoms with Crippen LogP contribution in [0.25, 0.3) is 0 Å². The standard InChI is InChI=1S/H3O3P.2O.Zr/c1-4(2)3;;;/h1-3H;;;/q;2*-2;+4. The molecule has 0 spiro atoms. The average molecular weight is 205 g/mol. The smallest absolute Gasteiger partial charge is 2.00 e. The van der Waals surface area contributed by atoms with E-state index in [1.165, 1.54) is 0 Å². The van der Waals surface area contributed by atoms with E-state index in [0.29, 0.717) is 0 Å². The average Bonchev–Trinajstić information content (AvgIpc) is 0.811. The molecule has 0 aliphatic heterocycles. The van der Waals surface area contributed by atoms with Crippen molar-refractivity contribution in [1.29, 1.82) is 0 Å². The molecule has 0 radical (unpaired) electrons. The molecule has 42 valence electrons. The van der Waals surface area contributed by atoms with Gasteiger partial charge in [0.15, 0.2) is 0 Å². The molecule has 0 rings (SSSR count). The van der Waals surface area contributed by atoms with Gasteiger partial charge in [0.2, 0.25) is 0 Å². The SMILES string of the molecule is OP(O)O.[O-2].[O-2].[Zr+4]. The zero-order valence-corrected chi connectivity index (χ0v) is 6.46. The Balaban J connectivity index is -0.0000000150. The van der Waals surface area contributed by atoms with Crippen LogP contribution in [0.15, 0.2) is 0 Å². The molecule has 0 saturated heterocycles. The third kappa shape index (κ3) is 150. The molecule has 7 heteroatoms. The molecule has 0 heterocycles. The van der Waals surface area contributed by atoms with Crippen LogP contribution in [0.5, 0.6) is 0 Å². The molecule has 0 unspecified atom stereocenters. The van der Waals surface area contributed by atoms with Crippen molar-refractivity contribution in [3.8, 4) is 0 Å². The van der Waals surface area contributed by atoms with Gasteiger partial charge in [-0.2, -0.15) is 0 Å². The van der Waals surface area contributed by atoms with Gasteiger partial charge in [-0.25, -0.2) is 0 Å². The van der Waals surface area contributed by atoms with Gasteiger partial charge < -0.3 is 25.6 Å². The predicted molar refractivity (Wildman–Crippen MR) is 14.9 cm³/mol. The molecule has 0 aromatic carbocycles. The van der Waals surface area contributed by atoms with Crippen molar-refractivity contribution < 1.29 is 51.8 Å². The Hall–Kier alpha value is 1.11. The Morgan fingerprint density at radius 1 is 0.857 bits per heavy atom. The molecule has 0 aliphatic carbocycles. The third-order valence-electron chi connectivity index (χ3n) is 0. The summed E-state index contributed by atoms with van der Waals surface area (Å²) in [4.78, 5) is 21.7. The molecule has 0 aromatic heterocycles. The van der Waals surface area contributed by atoms with Gasteiger partial charge in [0.05, 0.1) is 0 Å². The van der Waals surface area contributed by atoms with Gasteiger partial charge in [0.25, 0.3) is 0 Å². The zero-order valence-electron chi connectivity index (χ0n) is 3.11. The summed E-state index contributed by atoms with van der Waals surface area (Å²) in [7, 11) is -2.62. The first-order valence-electron chi connectivity index (χ1n) is 0.600. The first-order chi connectivity index (χ1) is 1.73. The van der Waals surface area contributed by atoms with Crippen LogP contribution in [0.1, 0.15) is 0 Å². The molecule has 0 aliphatic rings. The summed E-state index contributed by atoms with van der Waals surface area (Å²) in [6.07, 6.45) is 0. The summed E-state index contributed by atoms with van der Waals surface area (Å²) in [6.45, 7) is 0. The second kappa shape index (κ2) is 15.7. The summed E-state index contributed by atoms with van der Waals surface area (Å²) >= 11 is 0. The van der Waals surface area contributed by atoms with E-state index in [1.807, 2.05) is 0 Å². The van der Waals surface area contributed by atoms with Crippen LogP contribution in [0.2, 0.25) is 0 Å². The van der Waals surface area contributed by atoms with Crippen molar-refractivity contribution in [2.75, 3.05) is 0 Å². The normalized spacial score (nSPS) is 5.14. The molecule has 0 saturated carbocycles. The van der Waals surface area contributed by atoms with Gasteiger partial charge in [0.1, 0.15) is 0 Å². The van der Waals surface area contributed by atoms with Crippen molar-refractivity contribution in [3.63, 3.8) is 0 Å². The van der Waals surface area contributed by atoms with Crippen LogP contribution in [-0.2, 0) is 37.2 Å². The molecule has 0 fully saturated rings. The topological polar surface area (TPSA) is 118 Å². The zero-order chi connectivity index (χ0) is 3.58. The Morgan fingerprint density at radius 2 is 0.857 bits per heavy atom. The van der Waals surface area contributed by atoms with Crippen molar-refractivity contribution in [2.24, 2.45) is 0 Å². The minimum absolute atomic E-state index is 0. The van der Waals surface area contributed by atoms with Crippen molar-refractivity contribution in [1.82, 2.24) is 0 Å². The predicted octanol–water partition coefficient (Wildman–Crippen LogP) is -1.05. The van der Waals surface area contributed by atoms with Gasteiger partial charge in [-0.1, -0.05) is 0 Å². The van der Waals surface area contributed by atoms with E-state index >= 15 is 0 Å². The van der Waals surface area contributed by atoms with Crippen molar-refractivity contribution in [3.05, 3.63) is 0 Å². The monoisotopic (exact) mass is 204 g/mol. The molecule has 5 nitrogen and oxygen atoms in total. The second-order valence-corrected chi connectivity index (χ2v) is 0.805. The second-order valence-electron chi connectivity index (χ2n) is 0.268. The molecule has 0 amide bonds. The largest absolute Gasteiger partial charge is 4.00 e. The molecule has 0 atom stereocenters. The maximum atomic E-state index is 7.23. The Labute approximate surface area is 60.7 Å². The van der Waals surface area contributed by atoms with Crippen LogP contribution in [0.3, 0.4) is 0 Å². The summed E-state index contributed by atoms with van der Waals surface area (Å²) in [6, 6.07) is 0. The van der Waals surface area contributed by atoms with Crippen LogP contribution < -0.4 is 0 Å². The maximum absolute atomic E-state index is 7.23. The number of rotatable bonds is 0. The molecule has 0 bridgehead atoms. The Kier molecular flexibility index (Phi) is 54.5. The first kappa shape index (κ1) is 24.3. The fraction of sp³-hybridized carbons (Fsp3) is 0. The van der Waals surface area contributed by atoms with E-state index in [1.54, 1.807) is 0 Å². The summed E-state index contributed by atoms with van der Waals surface area (Å²) in [5, 5.41) is 0. The van der Waals surface area contributed by atoms with E-state index in [2.05, 4.69) is 0 Å². The molecular formula is H3O5PZr. The quantitative estimate of drug-likeness (QED) is 0.438. The Bertz CT molecular complexity index is 12.8. The van der Waals surface area contributed by atoms with Gasteiger partial charge in [-0.15, -0.1) is 0 Å². The van der Waals surface area contributed by atoms with Gasteiger partial charge in [-0.05, 0) is 0 Å². The first-order valence-corrected chi connectivity index (χ1v) is 1.80. The van der Waals surface area contributed by atoms with Crippen molar-refractivity contribution in [2.45, 2.75) is 0 Å². The maximum Gasteiger partial charge on any atom is 4.00 e. The molecular weight excluding hydrogens is 202 g/mol. The van der Waals surface area contributed by atoms with E-state index in [0.717, 1.165) is 0 Å². The third-order valence-corrected chi connectivity index (χ3v) is 0. The summed E-state index contributed by atoms with van der Waals surface area (Å²) < 4.78 is 0. The molecule has 3 N–H and O–H groups in total. The molecule has 7 heavy (non-hydrogen) atoms. The van der Waals surface area contributed by atoms with Crippen LogP contribution >= 0.6 is 8.60 Å². The minimum Gasteiger partial charge on any atom is -2.00 e. The number of hydrogen-bond acceptors (Lipinski definition) is 3. The van der Waals surface area contributed by atoms with Crippen LogP contribution in [0, 0.1) is 0 Å². The van der Waals surface area contributed by atoms with Crippen LogP contribution in [-0.4, -0.2) is 14.7 Å². The van der Waals surface area contributed by atoms with Gasteiger partial charge in [0, 0.05) is 0 Å². The summed E-state index contributed by atoms with van der Waals surface area (Å²) in [5.74, 6) is 0. The van der Waals surface area contributed by atoms with Gasteiger partial charge in [-0.3, -0.25) is 0 Å². The van der Waals surface area contributed by atoms with E-state index in [9.17, 15) is 0 Å². The van der Waals surface area contributed by atoms with E-state index < -0.39 is 8.60 Å². The summed E-state index contributed by atoms with van der Waals surface area (Å²) in [5.41, 5.74) is 0. The van der Waals surface area contributed by atoms with E-state index in [-0.39, 0.29) is 37.2 Å². The van der Waals surface area contributed by atoms with Crippen LogP contribution in [0.4, 0.5) is 0 Å². The Morgan fingerprint density at radius 3 is 0.857 bits per heavy atom. The van der Waals surface area contributed by atoms with E-state index in [4.69, 9.17) is 14.7 Å². The van der Waals surface area contributed by atoms with Gasteiger partial charge >= 0.3 is 34.8 Å². The minimum atomic E-state index is -2.62. The van der Waals surface area contributed by atoms with Crippen molar-refractivity contribution >= 4 is 8.60 Å². The number of hydrogen-bond donors (Lipinski definition) is 3. The fourth-order valence-corrected chi connectivity index (χ4v) is 0.